The standard InChI is InChI=1S/C22H22Cl2N4O2/c1-22(2,21(29)28-9-11-30-12-10-28)20-26-18(14-5-7-25-8-6-14)19(27-20)15-3-4-16(23)17(24)13-15/h3-8,13H,9-12H2,1-2H3,(H,26,27). The van der Waals surface area contributed by atoms with Crippen LogP contribution >= 0.6 is 23.2 Å². The molecule has 8 heteroatoms. The van der Waals surface area contributed by atoms with Crippen LogP contribution < -0.4 is 0 Å². The van der Waals surface area contributed by atoms with E-state index in [0.717, 1.165) is 16.8 Å². The van der Waals surface area contributed by atoms with Gasteiger partial charge in [0.25, 0.3) is 0 Å². The second-order valence-corrected chi connectivity index (χ2v) is 8.52. The number of amides is 1. The van der Waals surface area contributed by atoms with Gasteiger partial charge in [0.05, 0.1) is 34.6 Å². The zero-order valence-electron chi connectivity index (χ0n) is 16.8. The first-order valence-corrected chi connectivity index (χ1v) is 10.5. The van der Waals surface area contributed by atoms with Crippen LogP contribution in [0, 0.1) is 0 Å². The summed E-state index contributed by atoms with van der Waals surface area (Å²) in [5.41, 5.74) is 2.40. The molecule has 3 heterocycles. The van der Waals surface area contributed by atoms with Crippen LogP contribution in [0.4, 0.5) is 0 Å². The van der Waals surface area contributed by atoms with Crippen LogP contribution in [-0.4, -0.2) is 52.1 Å². The Morgan fingerprint density at radius 3 is 2.43 bits per heavy atom. The van der Waals surface area contributed by atoms with Crippen molar-refractivity contribution in [2.75, 3.05) is 26.3 Å². The highest BCUT2D eigenvalue weighted by Gasteiger charge is 2.38. The summed E-state index contributed by atoms with van der Waals surface area (Å²) in [6, 6.07) is 9.19. The van der Waals surface area contributed by atoms with Crippen molar-refractivity contribution >= 4 is 29.1 Å². The van der Waals surface area contributed by atoms with E-state index >= 15 is 0 Å². The van der Waals surface area contributed by atoms with Crippen LogP contribution in [0.1, 0.15) is 19.7 Å². The third kappa shape index (κ3) is 3.95. The fraction of sp³-hybridized carbons (Fsp3) is 0.318. The van der Waals surface area contributed by atoms with Gasteiger partial charge in [0.15, 0.2) is 0 Å². The molecule has 0 aliphatic carbocycles. The van der Waals surface area contributed by atoms with Crippen LogP contribution in [0.5, 0.6) is 0 Å². The zero-order valence-corrected chi connectivity index (χ0v) is 18.3. The third-order valence-corrected chi connectivity index (χ3v) is 6.03. The lowest BCUT2D eigenvalue weighted by Crippen LogP contribution is -2.48. The normalized spacial score (nSPS) is 14.7. The van der Waals surface area contributed by atoms with Gasteiger partial charge in [-0.1, -0.05) is 29.3 Å². The monoisotopic (exact) mass is 444 g/mol. The lowest BCUT2D eigenvalue weighted by atomic mass is 9.90. The SMILES string of the molecule is CC(C)(C(=O)N1CCOCC1)c1nc(-c2ccc(Cl)c(Cl)c2)c(-c2ccncc2)[nH]1. The lowest BCUT2D eigenvalue weighted by molar-refractivity contribution is -0.140. The van der Waals surface area contributed by atoms with Crippen molar-refractivity contribution in [2.45, 2.75) is 19.3 Å². The minimum absolute atomic E-state index is 0.0153. The number of nitrogens with one attached hydrogen (secondary N) is 1. The molecule has 6 nitrogen and oxygen atoms in total. The second kappa shape index (κ2) is 8.38. The Morgan fingerprint density at radius 2 is 1.77 bits per heavy atom. The molecule has 1 amide bonds. The van der Waals surface area contributed by atoms with Gasteiger partial charge >= 0.3 is 0 Å². The number of ether oxygens (including phenoxy) is 1. The van der Waals surface area contributed by atoms with Gasteiger partial charge in [0.1, 0.15) is 11.2 Å². The smallest absolute Gasteiger partial charge is 0.235 e. The molecule has 2 aromatic heterocycles. The molecule has 156 valence electrons. The molecule has 1 aliphatic heterocycles. The summed E-state index contributed by atoms with van der Waals surface area (Å²) in [6.45, 7) is 6.05. The van der Waals surface area contributed by atoms with Crippen molar-refractivity contribution in [3.63, 3.8) is 0 Å². The van der Waals surface area contributed by atoms with Gasteiger partial charge < -0.3 is 14.6 Å². The molecule has 1 fully saturated rings. The van der Waals surface area contributed by atoms with Gasteiger partial charge in [-0.25, -0.2) is 4.98 Å². The van der Waals surface area contributed by atoms with E-state index in [1.807, 2.05) is 36.9 Å². The van der Waals surface area contributed by atoms with Crippen LogP contribution in [0.25, 0.3) is 22.5 Å². The minimum Gasteiger partial charge on any atom is -0.378 e. The highest BCUT2D eigenvalue weighted by Crippen LogP contribution is 2.36. The largest absolute Gasteiger partial charge is 0.378 e. The Labute approximate surface area is 185 Å². The van der Waals surface area contributed by atoms with Crippen molar-refractivity contribution in [1.29, 1.82) is 0 Å². The summed E-state index contributed by atoms with van der Waals surface area (Å²) in [4.78, 5) is 27.5. The molecule has 0 atom stereocenters. The summed E-state index contributed by atoms with van der Waals surface area (Å²) < 4.78 is 5.38. The summed E-state index contributed by atoms with van der Waals surface area (Å²) in [5, 5.41) is 0.924. The van der Waals surface area contributed by atoms with Gasteiger partial charge in [-0.3, -0.25) is 9.78 Å². The maximum Gasteiger partial charge on any atom is 0.235 e. The molecule has 3 aromatic rings. The number of H-pyrrole nitrogens is 1. The number of benzene rings is 1. The van der Waals surface area contributed by atoms with E-state index in [9.17, 15) is 4.79 Å². The molecule has 0 spiro atoms. The summed E-state index contributed by atoms with van der Waals surface area (Å²) in [6.07, 6.45) is 3.44. The van der Waals surface area contributed by atoms with Gasteiger partial charge in [0.2, 0.25) is 5.91 Å². The van der Waals surface area contributed by atoms with E-state index in [1.165, 1.54) is 0 Å². The van der Waals surface area contributed by atoms with E-state index in [4.69, 9.17) is 32.9 Å². The van der Waals surface area contributed by atoms with Gasteiger partial charge in [-0.05, 0) is 38.1 Å². The topological polar surface area (TPSA) is 71.1 Å². The molecule has 30 heavy (non-hydrogen) atoms. The van der Waals surface area contributed by atoms with E-state index < -0.39 is 5.41 Å². The Kier molecular flexibility index (Phi) is 5.82. The fourth-order valence-corrected chi connectivity index (χ4v) is 3.81. The van der Waals surface area contributed by atoms with Gasteiger partial charge in [-0.2, -0.15) is 0 Å². The predicted molar refractivity (Wildman–Crippen MR) is 118 cm³/mol. The minimum atomic E-state index is -0.840. The van der Waals surface area contributed by atoms with E-state index in [-0.39, 0.29) is 5.91 Å². The van der Waals surface area contributed by atoms with Crippen LogP contribution in [0.2, 0.25) is 10.0 Å². The maximum atomic E-state index is 13.3. The molecule has 4 rings (SSSR count). The molecular formula is C22H22Cl2N4O2. The second-order valence-electron chi connectivity index (χ2n) is 7.70. The Hall–Kier alpha value is -2.41. The van der Waals surface area contributed by atoms with Crippen molar-refractivity contribution in [3.8, 4) is 22.5 Å². The first kappa shape index (κ1) is 20.8. The van der Waals surface area contributed by atoms with Gasteiger partial charge in [-0.15, -0.1) is 0 Å². The van der Waals surface area contributed by atoms with E-state index in [0.29, 0.717) is 47.9 Å². The number of carbonyl (C=O) groups excluding carboxylic acids is 1. The third-order valence-electron chi connectivity index (χ3n) is 5.29. The van der Waals surface area contributed by atoms with E-state index in [2.05, 4.69) is 9.97 Å². The number of halogens is 2. The lowest BCUT2D eigenvalue weighted by Gasteiger charge is -2.33. The maximum absolute atomic E-state index is 13.3. The summed E-state index contributed by atoms with van der Waals surface area (Å²) in [5.74, 6) is 0.605. The molecule has 0 radical (unpaired) electrons. The number of aromatic amines is 1. The Bertz CT molecular complexity index is 1060. The highest BCUT2D eigenvalue weighted by atomic mass is 35.5. The Morgan fingerprint density at radius 1 is 1.07 bits per heavy atom. The number of hydrogen-bond acceptors (Lipinski definition) is 4. The molecule has 0 unspecified atom stereocenters. The number of aromatic nitrogens is 3. The van der Waals surface area contributed by atoms with Crippen LogP contribution in [0.15, 0.2) is 42.7 Å². The number of nitrogens with zero attached hydrogens (tertiary/aromatic N) is 3. The first-order valence-electron chi connectivity index (χ1n) is 9.71. The van der Waals surface area contributed by atoms with Crippen molar-refractivity contribution in [2.24, 2.45) is 0 Å². The van der Waals surface area contributed by atoms with Crippen molar-refractivity contribution in [1.82, 2.24) is 19.9 Å². The molecule has 1 saturated heterocycles. The number of pyridine rings is 1. The summed E-state index contributed by atoms with van der Waals surface area (Å²) in [7, 11) is 0. The predicted octanol–water partition coefficient (Wildman–Crippen LogP) is 4.58. The molecule has 1 aliphatic rings. The van der Waals surface area contributed by atoms with Gasteiger partial charge in [0, 0.05) is 36.6 Å². The fourth-order valence-electron chi connectivity index (χ4n) is 3.51. The molecule has 0 bridgehead atoms. The number of imidazole rings is 1. The van der Waals surface area contributed by atoms with Crippen molar-refractivity contribution < 1.29 is 9.53 Å². The molecule has 0 saturated carbocycles. The first-order chi connectivity index (χ1) is 14.4. The zero-order chi connectivity index (χ0) is 21.3. The molecule has 1 N–H and O–H groups in total. The Balaban J connectivity index is 1.80. The quantitative estimate of drug-likeness (QED) is 0.638. The average Bonchev–Trinajstić information content (AvgIpc) is 3.23. The molecular weight excluding hydrogens is 423 g/mol. The number of morpholine rings is 1. The highest BCUT2D eigenvalue weighted by molar-refractivity contribution is 6.42. The average molecular weight is 445 g/mol. The number of carbonyl (C=O) groups is 1. The van der Waals surface area contributed by atoms with Crippen LogP contribution in [0.3, 0.4) is 0 Å². The summed E-state index contributed by atoms with van der Waals surface area (Å²) >= 11 is 12.4. The van der Waals surface area contributed by atoms with E-state index in [1.54, 1.807) is 24.5 Å². The van der Waals surface area contributed by atoms with Crippen LogP contribution in [-0.2, 0) is 14.9 Å². The van der Waals surface area contributed by atoms with Crippen molar-refractivity contribution in [3.05, 3.63) is 58.6 Å². The number of rotatable bonds is 4. The molecule has 1 aromatic carbocycles. The number of hydrogen-bond donors (Lipinski definition) is 1.